The number of ether oxygens (including phenoxy) is 2. The van der Waals surface area contributed by atoms with E-state index in [0.717, 1.165) is 49.3 Å². The van der Waals surface area contributed by atoms with Crippen LogP contribution in [0.4, 0.5) is 5.69 Å². The van der Waals surface area contributed by atoms with Crippen molar-refractivity contribution in [2.75, 3.05) is 44.2 Å². The molecular weight excluding hydrogens is 336 g/mol. The molecule has 0 N–H and O–H groups in total. The summed E-state index contributed by atoms with van der Waals surface area (Å²) in [5, 5.41) is 0. The highest BCUT2D eigenvalue weighted by Gasteiger charge is 2.27. The highest BCUT2D eigenvalue weighted by molar-refractivity contribution is 5.65. The lowest BCUT2D eigenvalue weighted by molar-refractivity contribution is 0.244. The summed E-state index contributed by atoms with van der Waals surface area (Å²) in [7, 11) is 0. The molecule has 0 bridgehead atoms. The second-order valence-corrected chi connectivity index (χ2v) is 7.62. The number of benzene rings is 2. The summed E-state index contributed by atoms with van der Waals surface area (Å²) in [6.07, 6.45) is 6.18. The minimum absolute atomic E-state index is 0.564. The lowest BCUT2D eigenvalue weighted by Crippen LogP contribution is -2.47. The van der Waals surface area contributed by atoms with Crippen LogP contribution in [-0.2, 0) is 6.42 Å². The van der Waals surface area contributed by atoms with E-state index in [-0.39, 0.29) is 0 Å². The van der Waals surface area contributed by atoms with E-state index in [9.17, 15) is 0 Å². The average Bonchev–Trinajstić information content (AvgIpc) is 2.95. The molecule has 1 aliphatic carbocycles. The van der Waals surface area contributed by atoms with Gasteiger partial charge in [0.2, 0.25) is 0 Å². The van der Waals surface area contributed by atoms with Gasteiger partial charge >= 0.3 is 0 Å². The standard InChI is InChI=1S/C23H26N2O2/c1-2-6-20-18(5-1)17-19(20)9-10-24-11-13-25(14-12-24)21-7-3-8-22-23(21)27-16-4-15-26-22/h1-8,16,19H,9-15,17H2. The molecule has 2 aliphatic heterocycles. The molecule has 27 heavy (non-hydrogen) atoms. The second-order valence-electron chi connectivity index (χ2n) is 7.62. The van der Waals surface area contributed by atoms with Crippen LogP contribution in [0.1, 0.15) is 23.5 Å². The van der Waals surface area contributed by atoms with Crippen LogP contribution in [-0.4, -0.2) is 44.2 Å². The van der Waals surface area contributed by atoms with Crippen LogP contribution >= 0.6 is 0 Å². The maximum atomic E-state index is 5.83. The fourth-order valence-corrected chi connectivity index (χ4v) is 4.45. The van der Waals surface area contributed by atoms with Crippen molar-refractivity contribution in [3.63, 3.8) is 0 Å². The fraction of sp³-hybridized carbons (Fsp3) is 0.391. The molecule has 0 amide bonds. The Bertz CT molecular complexity index is 840. The Morgan fingerprint density at radius 1 is 0.963 bits per heavy atom. The smallest absolute Gasteiger partial charge is 0.191 e. The normalized spacial score (nSPS) is 21.3. The zero-order chi connectivity index (χ0) is 18.1. The van der Waals surface area contributed by atoms with Crippen molar-refractivity contribution >= 4 is 5.69 Å². The van der Waals surface area contributed by atoms with Crippen LogP contribution in [0, 0.1) is 0 Å². The molecular formula is C23H26N2O2. The summed E-state index contributed by atoms with van der Waals surface area (Å²) in [4.78, 5) is 5.03. The highest BCUT2D eigenvalue weighted by Crippen LogP contribution is 2.40. The van der Waals surface area contributed by atoms with E-state index in [1.165, 1.54) is 19.4 Å². The van der Waals surface area contributed by atoms with Gasteiger partial charge in [0, 0.05) is 26.2 Å². The van der Waals surface area contributed by atoms with Gasteiger partial charge in [-0.05, 0) is 54.6 Å². The van der Waals surface area contributed by atoms with Gasteiger partial charge in [0.25, 0.3) is 0 Å². The van der Waals surface area contributed by atoms with Crippen molar-refractivity contribution in [3.8, 4) is 11.5 Å². The van der Waals surface area contributed by atoms with Gasteiger partial charge < -0.3 is 14.4 Å². The van der Waals surface area contributed by atoms with Gasteiger partial charge in [-0.3, -0.25) is 4.90 Å². The summed E-state index contributed by atoms with van der Waals surface area (Å²) in [5.74, 6) is 2.45. The molecule has 2 aromatic carbocycles. The largest absolute Gasteiger partial charge is 0.485 e. The Morgan fingerprint density at radius 2 is 1.85 bits per heavy atom. The minimum Gasteiger partial charge on any atom is -0.485 e. The van der Waals surface area contributed by atoms with E-state index in [0.29, 0.717) is 6.61 Å². The van der Waals surface area contributed by atoms with Crippen molar-refractivity contribution in [1.29, 1.82) is 0 Å². The predicted molar refractivity (Wildman–Crippen MR) is 108 cm³/mol. The molecule has 140 valence electrons. The van der Waals surface area contributed by atoms with Crippen LogP contribution < -0.4 is 14.4 Å². The Kier molecular flexibility index (Phi) is 4.50. The minimum atomic E-state index is 0.564. The summed E-state index contributed by atoms with van der Waals surface area (Å²) in [6.45, 7) is 6.04. The van der Waals surface area contributed by atoms with Crippen LogP contribution in [0.2, 0.25) is 0 Å². The summed E-state index contributed by atoms with van der Waals surface area (Å²) >= 11 is 0. The first-order valence-electron chi connectivity index (χ1n) is 10.0. The summed E-state index contributed by atoms with van der Waals surface area (Å²) in [6, 6.07) is 15.1. The molecule has 1 unspecified atom stereocenters. The zero-order valence-corrected chi connectivity index (χ0v) is 15.6. The van der Waals surface area contributed by atoms with Gasteiger partial charge in [0.1, 0.15) is 6.61 Å². The van der Waals surface area contributed by atoms with E-state index in [2.05, 4.69) is 46.2 Å². The molecule has 0 spiro atoms. The van der Waals surface area contributed by atoms with Crippen molar-refractivity contribution < 1.29 is 9.47 Å². The Morgan fingerprint density at radius 3 is 2.74 bits per heavy atom. The van der Waals surface area contributed by atoms with Gasteiger partial charge in [0.15, 0.2) is 11.5 Å². The molecule has 3 aliphatic rings. The number of piperazine rings is 1. The van der Waals surface area contributed by atoms with Gasteiger partial charge in [-0.15, -0.1) is 0 Å². The third kappa shape index (κ3) is 3.30. The molecule has 0 saturated carbocycles. The predicted octanol–water partition coefficient (Wildman–Crippen LogP) is 3.82. The van der Waals surface area contributed by atoms with Crippen molar-refractivity contribution in [1.82, 2.24) is 4.90 Å². The molecule has 4 heteroatoms. The van der Waals surface area contributed by atoms with E-state index < -0.39 is 0 Å². The molecule has 1 fully saturated rings. The Balaban J connectivity index is 1.17. The molecule has 0 radical (unpaired) electrons. The maximum absolute atomic E-state index is 5.83. The molecule has 2 heterocycles. The number of anilines is 1. The summed E-state index contributed by atoms with van der Waals surface area (Å²) in [5.41, 5.74) is 4.27. The quantitative estimate of drug-likeness (QED) is 0.825. The van der Waals surface area contributed by atoms with Crippen molar-refractivity contribution in [3.05, 3.63) is 65.9 Å². The first-order valence-corrected chi connectivity index (χ1v) is 10.0. The Labute approximate surface area is 161 Å². The van der Waals surface area contributed by atoms with Gasteiger partial charge in [0.05, 0.1) is 11.9 Å². The topological polar surface area (TPSA) is 24.9 Å². The third-order valence-corrected chi connectivity index (χ3v) is 6.04. The Hall–Kier alpha value is -2.46. The number of hydrogen-bond donors (Lipinski definition) is 0. The van der Waals surface area contributed by atoms with Gasteiger partial charge in [-0.2, -0.15) is 0 Å². The first-order chi connectivity index (χ1) is 13.4. The fourth-order valence-electron chi connectivity index (χ4n) is 4.45. The van der Waals surface area contributed by atoms with Gasteiger partial charge in [-0.1, -0.05) is 30.3 Å². The number of para-hydroxylation sites is 1. The monoisotopic (exact) mass is 362 g/mol. The van der Waals surface area contributed by atoms with Crippen LogP contribution in [0.25, 0.3) is 0 Å². The van der Waals surface area contributed by atoms with E-state index >= 15 is 0 Å². The van der Waals surface area contributed by atoms with E-state index in [4.69, 9.17) is 9.47 Å². The van der Waals surface area contributed by atoms with E-state index in [1.807, 2.05) is 12.1 Å². The van der Waals surface area contributed by atoms with E-state index in [1.54, 1.807) is 17.4 Å². The highest BCUT2D eigenvalue weighted by atomic mass is 16.5. The second kappa shape index (κ2) is 7.28. The molecule has 1 atom stereocenters. The van der Waals surface area contributed by atoms with Crippen molar-refractivity contribution in [2.45, 2.75) is 18.8 Å². The SMILES string of the molecule is C1=COc2c(cccc2N2CCN(CCC3Cc4ccccc43)CC2)OC1. The number of fused-ring (bicyclic) bond motifs is 2. The number of rotatable bonds is 4. The molecule has 4 nitrogen and oxygen atoms in total. The maximum Gasteiger partial charge on any atom is 0.191 e. The molecule has 1 saturated heterocycles. The molecule has 0 aromatic heterocycles. The molecule has 5 rings (SSSR count). The van der Waals surface area contributed by atoms with Crippen molar-refractivity contribution in [2.24, 2.45) is 0 Å². The van der Waals surface area contributed by atoms with Crippen LogP contribution in [0.5, 0.6) is 11.5 Å². The zero-order valence-electron chi connectivity index (χ0n) is 15.6. The third-order valence-electron chi connectivity index (χ3n) is 6.04. The average molecular weight is 362 g/mol. The number of nitrogens with zero attached hydrogens (tertiary/aromatic N) is 2. The van der Waals surface area contributed by atoms with Crippen LogP contribution in [0.3, 0.4) is 0 Å². The van der Waals surface area contributed by atoms with Crippen LogP contribution in [0.15, 0.2) is 54.8 Å². The summed E-state index contributed by atoms with van der Waals surface area (Å²) < 4.78 is 11.6. The van der Waals surface area contributed by atoms with Gasteiger partial charge in [-0.25, -0.2) is 0 Å². The lowest BCUT2D eigenvalue weighted by atomic mass is 9.76. The number of hydrogen-bond acceptors (Lipinski definition) is 4. The molecule has 2 aromatic rings. The first kappa shape index (κ1) is 16.7. The lowest BCUT2D eigenvalue weighted by Gasteiger charge is -2.38.